The van der Waals surface area contributed by atoms with E-state index in [2.05, 4.69) is 16.5 Å². The lowest BCUT2D eigenvalue weighted by atomic mass is 10.1. The Morgan fingerprint density at radius 1 is 1.35 bits per heavy atom. The fourth-order valence-electron chi connectivity index (χ4n) is 2.39. The standard InChI is InChI=1S/C13H15N3O/c1-16-13-10(7-8-14-13)12(15-16)9-5-3-4-6-11(9)17-2/h3-6,14H,7-8H2,1-2H3. The number of rotatable bonds is 2. The zero-order valence-electron chi connectivity index (χ0n) is 10.0. The minimum atomic E-state index is 0.875. The van der Waals surface area contributed by atoms with Crippen LogP contribution in [0, 0.1) is 0 Å². The van der Waals surface area contributed by atoms with Crippen LogP contribution in [-0.4, -0.2) is 23.4 Å². The first kappa shape index (κ1) is 10.2. The van der Waals surface area contributed by atoms with Crippen molar-refractivity contribution in [3.63, 3.8) is 0 Å². The number of para-hydroxylation sites is 1. The summed E-state index contributed by atoms with van der Waals surface area (Å²) in [7, 11) is 3.66. The van der Waals surface area contributed by atoms with E-state index in [-0.39, 0.29) is 0 Å². The van der Waals surface area contributed by atoms with Crippen molar-refractivity contribution in [3.05, 3.63) is 29.8 Å². The molecule has 17 heavy (non-hydrogen) atoms. The van der Waals surface area contributed by atoms with Crippen LogP contribution >= 0.6 is 0 Å². The maximum Gasteiger partial charge on any atom is 0.128 e. The van der Waals surface area contributed by atoms with Gasteiger partial charge in [0.1, 0.15) is 17.3 Å². The van der Waals surface area contributed by atoms with Gasteiger partial charge in [-0.15, -0.1) is 0 Å². The van der Waals surface area contributed by atoms with E-state index in [1.807, 2.05) is 29.9 Å². The maximum absolute atomic E-state index is 5.40. The Kier molecular flexibility index (Phi) is 2.28. The highest BCUT2D eigenvalue weighted by Crippen LogP contribution is 2.36. The fraction of sp³-hybridized carbons (Fsp3) is 0.308. The SMILES string of the molecule is COc1ccccc1-c1nn(C)c2c1CCN2. The number of aryl methyl sites for hydroxylation is 1. The molecule has 2 heterocycles. The van der Waals surface area contributed by atoms with Crippen LogP contribution in [0.2, 0.25) is 0 Å². The highest BCUT2D eigenvalue weighted by atomic mass is 16.5. The van der Waals surface area contributed by atoms with Gasteiger partial charge in [0.2, 0.25) is 0 Å². The number of hydrogen-bond acceptors (Lipinski definition) is 3. The molecule has 3 rings (SSSR count). The second kappa shape index (κ2) is 3.80. The highest BCUT2D eigenvalue weighted by Gasteiger charge is 2.23. The average molecular weight is 229 g/mol. The Morgan fingerprint density at radius 3 is 3.00 bits per heavy atom. The van der Waals surface area contributed by atoms with Crippen LogP contribution < -0.4 is 10.1 Å². The van der Waals surface area contributed by atoms with Crippen molar-refractivity contribution in [2.45, 2.75) is 6.42 Å². The summed E-state index contributed by atoms with van der Waals surface area (Å²) in [5.74, 6) is 2.01. The Balaban J connectivity index is 2.19. The molecule has 0 spiro atoms. The van der Waals surface area contributed by atoms with Gasteiger partial charge >= 0.3 is 0 Å². The maximum atomic E-state index is 5.40. The largest absolute Gasteiger partial charge is 0.496 e. The van der Waals surface area contributed by atoms with Crippen molar-refractivity contribution in [1.82, 2.24) is 9.78 Å². The third-order valence-corrected chi connectivity index (χ3v) is 3.17. The summed E-state index contributed by atoms with van der Waals surface area (Å²) in [6.45, 7) is 0.989. The van der Waals surface area contributed by atoms with Gasteiger partial charge in [0.15, 0.2) is 0 Å². The third-order valence-electron chi connectivity index (χ3n) is 3.17. The van der Waals surface area contributed by atoms with Gasteiger partial charge in [-0.05, 0) is 18.6 Å². The number of benzene rings is 1. The summed E-state index contributed by atoms with van der Waals surface area (Å²) in [6.07, 6.45) is 1.02. The molecule has 0 amide bonds. The van der Waals surface area contributed by atoms with Crippen LogP contribution in [0.25, 0.3) is 11.3 Å². The summed E-state index contributed by atoms with van der Waals surface area (Å²) in [4.78, 5) is 0. The van der Waals surface area contributed by atoms with E-state index >= 15 is 0 Å². The Bertz CT molecular complexity index is 560. The first-order chi connectivity index (χ1) is 8.31. The summed E-state index contributed by atoms with van der Waals surface area (Å²) < 4.78 is 7.31. The van der Waals surface area contributed by atoms with Gasteiger partial charge in [-0.25, -0.2) is 0 Å². The molecule has 0 unspecified atom stereocenters. The number of hydrogen-bond donors (Lipinski definition) is 1. The third kappa shape index (κ3) is 1.48. The Hall–Kier alpha value is -1.97. The molecular formula is C13H15N3O. The second-order valence-electron chi connectivity index (χ2n) is 4.18. The lowest BCUT2D eigenvalue weighted by molar-refractivity contribution is 0.416. The van der Waals surface area contributed by atoms with Crippen LogP contribution in [0.1, 0.15) is 5.56 Å². The van der Waals surface area contributed by atoms with Gasteiger partial charge < -0.3 is 10.1 Å². The fourth-order valence-corrected chi connectivity index (χ4v) is 2.39. The topological polar surface area (TPSA) is 39.1 Å². The molecule has 0 bridgehead atoms. The number of nitrogens with one attached hydrogen (secondary N) is 1. The quantitative estimate of drug-likeness (QED) is 0.856. The smallest absolute Gasteiger partial charge is 0.128 e. The normalized spacial score (nSPS) is 13.3. The highest BCUT2D eigenvalue weighted by molar-refractivity contribution is 5.75. The van der Waals surface area contributed by atoms with Crippen molar-refractivity contribution >= 4 is 5.82 Å². The predicted octanol–water partition coefficient (Wildman–Crippen LogP) is 2.06. The lowest BCUT2D eigenvalue weighted by Crippen LogP contribution is -2.01. The molecule has 4 nitrogen and oxygen atoms in total. The first-order valence-electron chi connectivity index (χ1n) is 5.74. The molecule has 1 N–H and O–H groups in total. The van der Waals surface area contributed by atoms with Crippen molar-refractivity contribution < 1.29 is 4.74 Å². The summed E-state index contributed by atoms with van der Waals surface area (Å²) in [5.41, 5.74) is 3.39. The molecule has 2 aromatic rings. The number of nitrogens with zero attached hydrogens (tertiary/aromatic N) is 2. The molecule has 0 saturated heterocycles. The molecule has 0 atom stereocenters. The van der Waals surface area contributed by atoms with Crippen LogP contribution in [-0.2, 0) is 13.5 Å². The molecular weight excluding hydrogens is 214 g/mol. The average Bonchev–Trinajstić information content (AvgIpc) is 2.94. The summed E-state index contributed by atoms with van der Waals surface area (Å²) >= 11 is 0. The van der Waals surface area contributed by atoms with Crippen molar-refractivity contribution in [1.29, 1.82) is 0 Å². The molecule has 0 fully saturated rings. The van der Waals surface area contributed by atoms with Crippen molar-refractivity contribution in [3.8, 4) is 17.0 Å². The minimum absolute atomic E-state index is 0.875. The van der Waals surface area contributed by atoms with E-state index in [1.54, 1.807) is 7.11 Å². The molecule has 0 saturated carbocycles. The lowest BCUT2D eigenvalue weighted by Gasteiger charge is -2.06. The minimum Gasteiger partial charge on any atom is -0.496 e. The van der Waals surface area contributed by atoms with Crippen LogP contribution in [0.4, 0.5) is 5.82 Å². The number of anilines is 1. The number of methoxy groups -OCH3 is 1. The van der Waals surface area contributed by atoms with Crippen LogP contribution in [0.3, 0.4) is 0 Å². The molecule has 4 heteroatoms. The van der Waals surface area contributed by atoms with E-state index in [1.165, 1.54) is 5.56 Å². The molecule has 1 aliphatic heterocycles. The van der Waals surface area contributed by atoms with Crippen LogP contribution in [0.15, 0.2) is 24.3 Å². The van der Waals surface area contributed by atoms with E-state index in [0.29, 0.717) is 0 Å². The molecule has 0 aliphatic carbocycles. The van der Waals surface area contributed by atoms with Crippen molar-refractivity contribution in [2.24, 2.45) is 7.05 Å². The number of aromatic nitrogens is 2. The predicted molar refractivity (Wildman–Crippen MR) is 67.4 cm³/mol. The van der Waals surface area contributed by atoms with Gasteiger partial charge in [0.05, 0.1) is 7.11 Å². The molecule has 1 aliphatic rings. The van der Waals surface area contributed by atoms with Gasteiger partial charge in [-0.2, -0.15) is 5.10 Å². The molecule has 1 aromatic heterocycles. The van der Waals surface area contributed by atoms with Crippen molar-refractivity contribution in [2.75, 3.05) is 19.0 Å². The zero-order valence-corrected chi connectivity index (χ0v) is 10.0. The number of fused-ring (bicyclic) bond motifs is 1. The van der Waals surface area contributed by atoms with Crippen LogP contribution in [0.5, 0.6) is 5.75 Å². The summed E-state index contributed by atoms with van der Waals surface area (Å²) in [5, 5.41) is 7.94. The van der Waals surface area contributed by atoms with E-state index in [9.17, 15) is 0 Å². The first-order valence-corrected chi connectivity index (χ1v) is 5.74. The van der Waals surface area contributed by atoms with E-state index in [0.717, 1.165) is 35.8 Å². The van der Waals surface area contributed by atoms with Gasteiger partial charge in [-0.1, -0.05) is 12.1 Å². The summed E-state index contributed by atoms with van der Waals surface area (Å²) in [6, 6.07) is 8.02. The Morgan fingerprint density at radius 2 is 2.18 bits per heavy atom. The Labute approximate surface area is 100 Å². The van der Waals surface area contributed by atoms with E-state index < -0.39 is 0 Å². The second-order valence-corrected chi connectivity index (χ2v) is 4.18. The molecule has 88 valence electrons. The molecule has 1 aromatic carbocycles. The van der Waals surface area contributed by atoms with Gasteiger partial charge in [-0.3, -0.25) is 4.68 Å². The van der Waals surface area contributed by atoms with E-state index in [4.69, 9.17) is 4.74 Å². The number of ether oxygens (including phenoxy) is 1. The zero-order chi connectivity index (χ0) is 11.8. The van der Waals surface area contributed by atoms with Gasteiger partial charge in [0.25, 0.3) is 0 Å². The molecule has 0 radical (unpaired) electrons. The monoisotopic (exact) mass is 229 g/mol. The van der Waals surface area contributed by atoms with Gasteiger partial charge in [0, 0.05) is 24.7 Å².